The van der Waals surface area contributed by atoms with Gasteiger partial charge in [-0.05, 0) is 19.1 Å². The maximum atomic E-state index is 12.6. The summed E-state index contributed by atoms with van der Waals surface area (Å²) >= 11 is 0. The molecule has 25 heavy (non-hydrogen) atoms. The molecule has 3 rings (SSSR count). The Morgan fingerprint density at radius 2 is 2.08 bits per heavy atom. The third kappa shape index (κ3) is 3.49. The molecule has 0 fully saturated rings. The summed E-state index contributed by atoms with van der Waals surface area (Å²) in [5.41, 5.74) is 3.44. The predicted octanol–water partition coefficient (Wildman–Crippen LogP) is 0.675. The lowest BCUT2D eigenvalue weighted by atomic mass is 10.2. The first kappa shape index (κ1) is 16.6. The van der Waals surface area contributed by atoms with Gasteiger partial charge in [-0.3, -0.25) is 15.0 Å². The van der Waals surface area contributed by atoms with Gasteiger partial charge >= 0.3 is 0 Å². The third-order valence-corrected chi connectivity index (χ3v) is 3.63. The van der Waals surface area contributed by atoms with Gasteiger partial charge in [0.05, 0.1) is 12.2 Å². The molecular weight excluding hydrogens is 324 g/mol. The molecule has 0 radical (unpaired) electrons. The van der Waals surface area contributed by atoms with Crippen LogP contribution in [0.2, 0.25) is 0 Å². The van der Waals surface area contributed by atoms with E-state index in [9.17, 15) is 9.59 Å². The highest BCUT2D eigenvalue weighted by atomic mass is 16.5. The molecule has 2 heterocycles. The zero-order valence-corrected chi connectivity index (χ0v) is 14.1. The molecule has 2 aromatic rings. The maximum absolute atomic E-state index is 12.6. The Kier molecular flexibility index (Phi) is 4.46. The predicted molar refractivity (Wildman–Crippen MR) is 89.5 cm³/mol. The van der Waals surface area contributed by atoms with Crippen LogP contribution in [0.3, 0.4) is 0 Å². The molecule has 1 unspecified atom stereocenters. The second-order valence-corrected chi connectivity index (χ2v) is 5.67. The largest absolute Gasteiger partial charge is 0.340 e. The molecule has 0 spiro atoms. The number of hydrogen-bond donors (Lipinski definition) is 1. The van der Waals surface area contributed by atoms with E-state index in [1.165, 1.54) is 9.91 Å². The number of aromatic nitrogens is 2. The molecule has 1 aromatic carbocycles. The number of carbonyl (C=O) groups excluding carboxylic acids is 2. The number of amidine groups is 1. The van der Waals surface area contributed by atoms with E-state index in [-0.39, 0.29) is 24.2 Å². The van der Waals surface area contributed by atoms with Gasteiger partial charge in [0.25, 0.3) is 11.8 Å². The average Bonchev–Trinajstić information content (AvgIpc) is 3.02. The molecule has 0 saturated heterocycles. The number of nitrogens with zero attached hydrogens (tertiary/aromatic N) is 5. The molecule has 1 N–H and O–H groups in total. The van der Waals surface area contributed by atoms with Gasteiger partial charge in [0, 0.05) is 14.0 Å². The monoisotopic (exact) mass is 342 g/mol. The first-order chi connectivity index (χ1) is 12.0. The van der Waals surface area contributed by atoms with Crippen LogP contribution in [0.5, 0.6) is 0 Å². The van der Waals surface area contributed by atoms with Crippen LogP contribution in [0.4, 0.5) is 5.69 Å². The fraction of sp³-hybridized carbons (Fsp3) is 0.312. The quantitative estimate of drug-likeness (QED) is 0.876. The molecule has 1 aromatic heterocycles. The van der Waals surface area contributed by atoms with Crippen molar-refractivity contribution < 1.29 is 14.1 Å². The van der Waals surface area contributed by atoms with E-state index in [2.05, 4.69) is 20.6 Å². The highest BCUT2D eigenvalue weighted by molar-refractivity contribution is 6.39. The lowest BCUT2D eigenvalue weighted by Crippen LogP contribution is -2.58. The number of benzene rings is 1. The number of likely N-dealkylation sites (N-methyl/N-ethyl adjacent to an activating group) is 1. The summed E-state index contributed by atoms with van der Waals surface area (Å²) in [5, 5.41) is 5.10. The molecule has 1 aliphatic rings. The molecule has 0 bridgehead atoms. The van der Waals surface area contributed by atoms with E-state index in [1.54, 1.807) is 33.0 Å². The molecule has 130 valence electrons. The van der Waals surface area contributed by atoms with Crippen molar-refractivity contribution in [3.63, 3.8) is 0 Å². The minimum absolute atomic E-state index is 0.0821. The lowest BCUT2D eigenvalue weighted by Gasteiger charge is -2.31. The van der Waals surface area contributed by atoms with Gasteiger partial charge in [0.1, 0.15) is 6.04 Å². The highest BCUT2D eigenvalue weighted by Crippen LogP contribution is 2.16. The molecule has 0 aliphatic carbocycles. The smallest absolute Gasteiger partial charge is 0.290 e. The van der Waals surface area contributed by atoms with Gasteiger partial charge in [-0.15, -0.1) is 0 Å². The topological polar surface area (TPSA) is 104 Å². The van der Waals surface area contributed by atoms with Gasteiger partial charge in [0.15, 0.2) is 5.82 Å². The van der Waals surface area contributed by atoms with Crippen molar-refractivity contribution in [2.24, 2.45) is 4.99 Å². The van der Waals surface area contributed by atoms with Crippen LogP contribution in [-0.2, 0) is 16.1 Å². The molecule has 1 aliphatic heterocycles. The normalized spacial score (nSPS) is 17.1. The van der Waals surface area contributed by atoms with Crippen molar-refractivity contribution >= 4 is 23.3 Å². The maximum Gasteiger partial charge on any atom is 0.290 e. The van der Waals surface area contributed by atoms with E-state index in [1.807, 2.05) is 18.2 Å². The molecule has 2 amide bonds. The van der Waals surface area contributed by atoms with Crippen molar-refractivity contribution in [3.8, 4) is 0 Å². The summed E-state index contributed by atoms with van der Waals surface area (Å²) in [5.74, 6) is 0.299. The standard InChI is InChI=1S/C16H18N6O3/c1-10-15(23)22(12-7-5-4-6-8-12)19-14(17-10)16(24)21(3)9-13-18-11(2)25-20-13/h4-8,10H,9H2,1-3H3,(H,17,19). The zero-order valence-electron chi connectivity index (χ0n) is 14.1. The van der Waals surface area contributed by atoms with Crippen molar-refractivity contribution in [1.29, 1.82) is 0 Å². The number of hydrazine groups is 1. The van der Waals surface area contributed by atoms with Gasteiger partial charge in [0.2, 0.25) is 11.7 Å². The fourth-order valence-corrected chi connectivity index (χ4v) is 2.37. The molecule has 0 saturated carbocycles. The Bertz CT molecular complexity index is 816. The molecule has 1 atom stereocenters. The van der Waals surface area contributed by atoms with Crippen LogP contribution >= 0.6 is 0 Å². The van der Waals surface area contributed by atoms with E-state index < -0.39 is 6.04 Å². The van der Waals surface area contributed by atoms with Gasteiger partial charge in [-0.1, -0.05) is 23.4 Å². The Labute approximate surface area is 144 Å². The SMILES string of the molecule is Cc1nc(CN(C)C(=O)C2=NC(C)C(=O)N(c3ccccc3)N2)no1. The number of aryl methyl sites for hydroxylation is 1. The third-order valence-electron chi connectivity index (χ3n) is 3.63. The van der Waals surface area contributed by atoms with Crippen LogP contribution in [-0.4, -0.2) is 45.8 Å². The number of nitrogens with one attached hydrogen (secondary N) is 1. The van der Waals surface area contributed by atoms with Crippen molar-refractivity contribution in [2.75, 3.05) is 12.1 Å². The van der Waals surface area contributed by atoms with Gasteiger partial charge in [-0.2, -0.15) is 4.98 Å². The van der Waals surface area contributed by atoms with Crippen molar-refractivity contribution in [3.05, 3.63) is 42.0 Å². The Balaban J connectivity index is 1.77. The van der Waals surface area contributed by atoms with Crippen LogP contribution in [0, 0.1) is 6.92 Å². The van der Waals surface area contributed by atoms with Crippen LogP contribution in [0.1, 0.15) is 18.6 Å². The van der Waals surface area contributed by atoms with E-state index in [0.717, 1.165) is 0 Å². The van der Waals surface area contributed by atoms with Crippen molar-refractivity contribution in [2.45, 2.75) is 26.4 Å². The summed E-state index contributed by atoms with van der Waals surface area (Å²) in [6.45, 7) is 3.50. The zero-order chi connectivity index (χ0) is 18.0. The minimum Gasteiger partial charge on any atom is -0.340 e. The Morgan fingerprint density at radius 1 is 1.36 bits per heavy atom. The number of hydrogen-bond acceptors (Lipinski definition) is 7. The van der Waals surface area contributed by atoms with Crippen LogP contribution in [0.25, 0.3) is 0 Å². The number of anilines is 1. The first-order valence-electron chi connectivity index (χ1n) is 7.74. The van der Waals surface area contributed by atoms with Gasteiger partial charge in [-0.25, -0.2) is 10.0 Å². The first-order valence-corrected chi connectivity index (χ1v) is 7.74. The molecule has 9 heteroatoms. The van der Waals surface area contributed by atoms with Gasteiger partial charge < -0.3 is 9.42 Å². The number of rotatable bonds is 4. The van der Waals surface area contributed by atoms with E-state index in [0.29, 0.717) is 17.4 Å². The fourth-order valence-electron chi connectivity index (χ4n) is 2.37. The Hall–Kier alpha value is -3.23. The lowest BCUT2D eigenvalue weighted by molar-refractivity contribution is -0.124. The second kappa shape index (κ2) is 6.71. The Morgan fingerprint density at radius 3 is 2.72 bits per heavy atom. The number of amides is 2. The summed E-state index contributed by atoms with van der Waals surface area (Å²) in [7, 11) is 1.60. The average molecular weight is 342 g/mol. The van der Waals surface area contributed by atoms with E-state index in [4.69, 9.17) is 4.52 Å². The highest BCUT2D eigenvalue weighted by Gasteiger charge is 2.32. The minimum atomic E-state index is -0.666. The van der Waals surface area contributed by atoms with Crippen molar-refractivity contribution in [1.82, 2.24) is 20.5 Å². The number of para-hydroxylation sites is 1. The molecular formula is C16H18N6O3. The van der Waals surface area contributed by atoms with Crippen LogP contribution in [0.15, 0.2) is 39.8 Å². The summed E-state index contributed by atoms with van der Waals surface area (Å²) in [6.07, 6.45) is 0. The summed E-state index contributed by atoms with van der Waals surface area (Å²) < 4.78 is 4.90. The number of aliphatic imine (C=N–C) groups is 1. The van der Waals surface area contributed by atoms with Crippen LogP contribution < -0.4 is 10.4 Å². The second-order valence-electron chi connectivity index (χ2n) is 5.67. The number of carbonyl (C=O) groups is 2. The van der Waals surface area contributed by atoms with E-state index >= 15 is 0 Å². The summed E-state index contributed by atoms with van der Waals surface area (Å²) in [4.78, 5) is 34.6. The molecule has 9 nitrogen and oxygen atoms in total. The summed E-state index contributed by atoms with van der Waals surface area (Å²) in [6, 6.07) is 8.36.